The Hall–Kier alpha value is -4.65. The molecule has 0 aliphatic carbocycles. The maximum absolute atomic E-state index is 12.9. The first-order valence-electron chi connectivity index (χ1n) is 14.1. The van der Waals surface area contributed by atoms with Gasteiger partial charge in [-0.25, -0.2) is 14.6 Å². The van der Waals surface area contributed by atoms with Gasteiger partial charge in [0.05, 0.1) is 36.3 Å². The van der Waals surface area contributed by atoms with Crippen LogP contribution in [0, 0.1) is 0 Å². The van der Waals surface area contributed by atoms with Crippen molar-refractivity contribution in [3.63, 3.8) is 0 Å². The molecule has 0 bridgehead atoms. The van der Waals surface area contributed by atoms with Crippen molar-refractivity contribution in [1.29, 1.82) is 0 Å². The zero-order valence-corrected chi connectivity index (χ0v) is 27.2. The number of hydrogen-bond acceptors (Lipinski definition) is 9. The second-order valence-corrected chi connectivity index (χ2v) is 12.0. The molecular formula is C31H40ClN5O8. The molecule has 2 rings (SSSR count). The molecule has 1 unspecified atom stereocenters. The summed E-state index contributed by atoms with van der Waals surface area (Å²) in [5.41, 5.74) is -0.909. The number of ether oxygens (including phenoxy) is 3. The van der Waals surface area contributed by atoms with Crippen molar-refractivity contribution in [2.45, 2.75) is 72.1 Å². The Balaban J connectivity index is 2.20. The van der Waals surface area contributed by atoms with E-state index in [4.69, 9.17) is 25.8 Å². The monoisotopic (exact) mass is 645 g/mol. The second-order valence-electron chi connectivity index (χ2n) is 11.6. The third-order valence-electron chi connectivity index (χ3n) is 5.30. The average molecular weight is 646 g/mol. The number of carbonyl (C=O) groups excluding carboxylic acids is 5. The number of rotatable bonds is 9. The predicted molar refractivity (Wildman–Crippen MR) is 168 cm³/mol. The highest BCUT2D eigenvalue weighted by molar-refractivity contribution is 6.33. The minimum atomic E-state index is -0.912. The largest absolute Gasteiger partial charge is 0.466 e. The van der Waals surface area contributed by atoms with Crippen LogP contribution in [0.2, 0.25) is 5.02 Å². The Bertz CT molecular complexity index is 1370. The van der Waals surface area contributed by atoms with E-state index in [1.54, 1.807) is 72.7 Å². The van der Waals surface area contributed by atoms with Crippen molar-refractivity contribution in [3.8, 4) is 0 Å². The Labute approximate surface area is 267 Å². The second kappa shape index (κ2) is 16.4. The van der Waals surface area contributed by atoms with E-state index in [0.29, 0.717) is 5.56 Å². The molecule has 0 aromatic heterocycles. The lowest BCUT2D eigenvalue weighted by atomic mass is 10.0. The average Bonchev–Trinajstić information content (AvgIpc) is 2.91. The highest BCUT2D eigenvalue weighted by Gasteiger charge is 2.23. The fourth-order valence-electron chi connectivity index (χ4n) is 3.58. The summed E-state index contributed by atoms with van der Waals surface area (Å²) in [5, 5.41) is 10.0. The number of carbonyl (C=O) groups is 5. The van der Waals surface area contributed by atoms with Crippen LogP contribution in [-0.4, -0.2) is 60.3 Å². The van der Waals surface area contributed by atoms with Crippen molar-refractivity contribution < 1.29 is 38.2 Å². The number of aliphatic imine (C=N–C) groups is 1. The van der Waals surface area contributed by atoms with Crippen molar-refractivity contribution in [3.05, 3.63) is 64.7 Å². The number of alkyl carbamates (subject to hydrolysis) is 2. The van der Waals surface area contributed by atoms with E-state index in [9.17, 15) is 24.0 Å². The predicted octanol–water partition coefficient (Wildman–Crippen LogP) is 4.92. The van der Waals surface area contributed by atoms with Crippen LogP contribution >= 0.6 is 11.6 Å². The van der Waals surface area contributed by atoms with Gasteiger partial charge >= 0.3 is 18.2 Å². The van der Waals surface area contributed by atoms with Crippen LogP contribution in [-0.2, 0) is 23.8 Å². The van der Waals surface area contributed by atoms with Crippen LogP contribution in [0.3, 0.4) is 0 Å². The molecule has 0 heterocycles. The van der Waals surface area contributed by atoms with Gasteiger partial charge in [-0.15, -0.1) is 0 Å². The molecule has 4 amide bonds. The molecular weight excluding hydrogens is 606 g/mol. The Morgan fingerprint density at radius 3 is 1.98 bits per heavy atom. The number of nitrogens with one attached hydrogen (secondary N) is 4. The quantitative estimate of drug-likeness (QED) is 0.129. The molecule has 0 aliphatic rings. The van der Waals surface area contributed by atoms with Gasteiger partial charge in [0.1, 0.15) is 11.2 Å². The van der Waals surface area contributed by atoms with Gasteiger partial charge in [-0.2, -0.15) is 0 Å². The number of amides is 4. The first-order chi connectivity index (χ1) is 21.0. The van der Waals surface area contributed by atoms with Crippen molar-refractivity contribution in [1.82, 2.24) is 21.3 Å². The molecule has 1 atom stereocenters. The first kappa shape index (κ1) is 36.5. The van der Waals surface area contributed by atoms with E-state index in [2.05, 4.69) is 26.3 Å². The topological polar surface area (TPSA) is 174 Å². The molecule has 0 saturated carbocycles. The van der Waals surface area contributed by atoms with E-state index in [1.807, 2.05) is 6.07 Å². The van der Waals surface area contributed by atoms with Gasteiger partial charge in [0.2, 0.25) is 11.9 Å². The minimum absolute atomic E-state index is 0.00876. The molecule has 2 aromatic carbocycles. The van der Waals surface area contributed by atoms with Crippen molar-refractivity contribution in [2.75, 3.05) is 13.2 Å². The van der Waals surface area contributed by atoms with E-state index in [0.717, 1.165) is 0 Å². The highest BCUT2D eigenvalue weighted by Crippen LogP contribution is 2.26. The van der Waals surface area contributed by atoms with Crippen molar-refractivity contribution >= 4 is 53.2 Å². The summed E-state index contributed by atoms with van der Waals surface area (Å²) < 4.78 is 15.5. The van der Waals surface area contributed by atoms with Gasteiger partial charge in [0.15, 0.2) is 0 Å². The fourth-order valence-corrected chi connectivity index (χ4v) is 3.74. The number of hydrogen-bond donors (Lipinski definition) is 4. The number of halogens is 1. The lowest BCUT2D eigenvalue weighted by Gasteiger charge is -2.22. The summed E-state index contributed by atoms with van der Waals surface area (Å²) in [7, 11) is 0. The minimum Gasteiger partial charge on any atom is -0.466 e. The van der Waals surface area contributed by atoms with Gasteiger partial charge in [0, 0.05) is 5.56 Å². The van der Waals surface area contributed by atoms with Crippen LogP contribution in [0.25, 0.3) is 0 Å². The van der Waals surface area contributed by atoms with E-state index in [-0.39, 0.29) is 35.3 Å². The van der Waals surface area contributed by atoms with Crippen LogP contribution in [0.15, 0.2) is 53.5 Å². The number of esters is 1. The summed E-state index contributed by atoms with van der Waals surface area (Å²) in [6.07, 6.45) is -1.91. The van der Waals surface area contributed by atoms with Crippen LogP contribution in [0.4, 0.5) is 15.3 Å². The number of nitrogens with zero attached hydrogens (tertiary/aromatic N) is 1. The molecule has 0 fully saturated rings. The zero-order chi connectivity index (χ0) is 33.8. The van der Waals surface area contributed by atoms with Crippen LogP contribution < -0.4 is 21.3 Å². The maximum Gasteiger partial charge on any atom is 0.414 e. The smallest absolute Gasteiger partial charge is 0.414 e. The van der Waals surface area contributed by atoms with E-state index >= 15 is 0 Å². The molecule has 0 spiro atoms. The van der Waals surface area contributed by atoms with Gasteiger partial charge in [0.25, 0.3) is 5.91 Å². The van der Waals surface area contributed by atoms with Gasteiger partial charge in [-0.1, -0.05) is 41.9 Å². The molecule has 14 heteroatoms. The fraction of sp³-hybridized carbons (Fsp3) is 0.419. The summed E-state index contributed by atoms with van der Waals surface area (Å²) >= 11 is 6.31. The molecule has 2 aromatic rings. The Kier molecular flexibility index (Phi) is 13.3. The van der Waals surface area contributed by atoms with Crippen LogP contribution in [0.5, 0.6) is 0 Å². The van der Waals surface area contributed by atoms with Gasteiger partial charge < -0.3 is 24.8 Å². The third kappa shape index (κ3) is 14.1. The number of guanidine groups is 1. The van der Waals surface area contributed by atoms with Crippen molar-refractivity contribution in [2.24, 2.45) is 4.99 Å². The first-order valence-corrected chi connectivity index (χ1v) is 14.5. The lowest BCUT2D eigenvalue weighted by molar-refractivity contribution is -0.143. The molecule has 13 nitrogen and oxygen atoms in total. The molecule has 0 aliphatic heterocycles. The van der Waals surface area contributed by atoms with Gasteiger partial charge in [-0.3, -0.25) is 25.0 Å². The van der Waals surface area contributed by atoms with Crippen LogP contribution in [0.1, 0.15) is 76.9 Å². The lowest BCUT2D eigenvalue weighted by Crippen LogP contribution is -2.47. The maximum atomic E-state index is 12.9. The number of benzene rings is 2. The summed E-state index contributed by atoms with van der Waals surface area (Å²) in [6.45, 7) is 11.4. The molecule has 0 radical (unpaired) electrons. The summed E-state index contributed by atoms with van der Waals surface area (Å²) in [4.78, 5) is 66.9. The summed E-state index contributed by atoms with van der Waals surface area (Å²) in [5.74, 6) is -2.03. The standard InChI is InChI=1S/C31H40ClN5O8/c1-8-43-25(39)17-22(19-12-10-9-11-13-19)34-24(38)18-33-26(40)20-14-15-21(32)23(16-20)35-27(36-28(41)44-30(2,3)4)37-29(42)45-31(5,6)7/h9-16,22H,8,17-18H2,1-7H3,(H,33,40)(H,34,38)(H2,35,36,37,41,42). The van der Waals surface area contributed by atoms with E-state index in [1.165, 1.54) is 18.2 Å². The third-order valence-corrected chi connectivity index (χ3v) is 5.62. The Morgan fingerprint density at radius 1 is 0.867 bits per heavy atom. The Morgan fingerprint density at radius 2 is 1.44 bits per heavy atom. The zero-order valence-electron chi connectivity index (χ0n) is 26.4. The molecule has 244 valence electrons. The summed E-state index contributed by atoms with van der Waals surface area (Å²) in [6, 6.07) is 12.3. The van der Waals surface area contributed by atoms with Gasteiger partial charge in [-0.05, 0) is 72.2 Å². The SMILES string of the molecule is CCOC(=O)CC(NC(=O)CNC(=O)c1ccc(Cl)c(N=C(NC(=O)OC(C)(C)C)NC(=O)OC(C)(C)C)c1)c1ccccc1. The normalized spacial score (nSPS) is 11.7. The molecule has 4 N–H and O–H groups in total. The molecule has 45 heavy (non-hydrogen) atoms. The van der Waals surface area contributed by atoms with E-state index < -0.39 is 53.8 Å². The molecule has 0 saturated heterocycles. The highest BCUT2D eigenvalue weighted by atomic mass is 35.5.